The number of amides is 3. The van der Waals surface area contributed by atoms with Crippen LogP contribution in [-0.4, -0.2) is 40.7 Å². The summed E-state index contributed by atoms with van der Waals surface area (Å²) in [6.45, 7) is 0.593. The standard InChI is InChI=1S/C34H31N3O3S/c1-41-19-18-27-29-30(32(39)37(31(29)38)20-22-10-3-2-4-11-22)34(35-27)26-16-7-8-17-28(26)36(33(34)40)21-24-14-9-13-23-12-5-6-15-25(23)24/h2-17,27,29-30,35H,18-21H2,1H3/t27-,29+,30-,34-/m0/s1. The highest BCUT2D eigenvalue weighted by molar-refractivity contribution is 7.98. The zero-order valence-corrected chi connectivity index (χ0v) is 23.6. The first-order chi connectivity index (χ1) is 20.0. The molecule has 4 aromatic carbocycles. The lowest BCUT2D eigenvalue weighted by Gasteiger charge is -2.31. The zero-order valence-electron chi connectivity index (χ0n) is 22.8. The van der Waals surface area contributed by atoms with Crippen LogP contribution in [0.2, 0.25) is 0 Å². The van der Waals surface area contributed by atoms with E-state index >= 15 is 0 Å². The van der Waals surface area contributed by atoms with E-state index in [0.717, 1.165) is 38.9 Å². The molecule has 6 nitrogen and oxygen atoms in total. The highest BCUT2D eigenvalue weighted by Gasteiger charge is 2.71. The van der Waals surface area contributed by atoms with E-state index < -0.39 is 17.4 Å². The third-order valence-corrected chi connectivity index (χ3v) is 9.63. The topological polar surface area (TPSA) is 69.7 Å². The normalized spacial score (nSPS) is 25.0. The quantitative estimate of drug-likeness (QED) is 0.318. The maximum atomic E-state index is 14.8. The van der Waals surface area contributed by atoms with Crippen LogP contribution in [0.15, 0.2) is 97.1 Å². The van der Waals surface area contributed by atoms with E-state index in [1.807, 2.05) is 84.0 Å². The summed E-state index contributed by atoms with van der Waals surface area (Å²) in [6.07, 6.45) is 2.73. The molecule has 0 aromatic heterocycles. The van der Waals surface area contributed by atoms with Gasteiger partial charge in [0.1, 0.15) is 5.54 Å². The number of thioether (sulfide) groups is 1. The van der Waals surface area contributed by atoms with Gasteiger partial charge in [-0.3, -0.25) is 24.6 Å². The number of fused-ring (bicyclic) bond motifs is 5. The molecule has 2 fully saturated rings. The lowest BCUT2D eigenvalue weighted by Crippen LogP contribution is -2.55. The van der Waals surface area contributed by atoms with Crippen LogP contribution in [0.25, 0.3) is 10.8 Å². The molecule has 1 spiro atoms. The van der Waals surface area contributed by atoms with Gasteiger partial charge in [-0.1, -0.05) is 91.0 Å². The molecule has 7 rings (SSSR count). The molecule has 4 atom stereocenters. The summed E-state index contributed by atoms with van der Waals surface area (Å²) < 4.78 is 0. The zero-order chi connectivity index (χ0) is 28.1. The number of nitrogens with zero attached hydrogens (tertiary/aromatic N) is 2. The minimum atomic E-state index is -1.28. The number of benzene rings is 4. The fraction of sp³-hybridized carbons (Fsp3) is 0.265. The number of anilines is 1. The van der Waals surface area contributed by atoms with Crippen LogP contribution in [0, 0.1) is 11.8 Å². The van der Waals surface area contributed by atoms with E-state index in [-0.39, 0.29) is 30.3 Å². The molecule has 3 heterocycles. The molecule has 7 heteroatoms. The van der Waals surface area contributed by atoms with Gasteiger partial charge in [0.25, 0.3) is 5.91 Å². The van der Waals surface area contributed by atoms with Gasteiger partial charge in [0.2, 0.25) is 11.8 Å². The molecular formula is C34H31N3O3S. The molecule has 2 saturated heterocycles. The number of imide groups is 1. The van der Waals surface area contributed by atoms with Gasteiger partial charge in [0.05, 0.1) is 24.9 Å². The Labute approximate surface area is 243 Å². The van der Waals surface area contributed by atoms with Crippen molar-refractivity contribution in [3.05, 3.63) is 114 Å². The first-order valence-electron chi connectivity index (χ1n) is 14.1. The number of rotatable bonds is 7. The lowest BCUT2D eigenvalue weighted by atomic mass is 9.76. The molecule has 0 saturated carbocycles. The highest BCUT2D eigenvalue weighted by atomic mass is 32.2. The fourth-order valence-electron chi connectivity index (χ4n) is 7.18. The number of carbonyl (C=O) groups is 3. The number of likely N-dealkylation sites (tertiary alicyclic amines) is 1. The Morgan fingerprint density at radius 2 is 1.51 bits per heavy atom. The summed E-state index contributed by atoms with van der Waals surface area (Å²) >= 11 is 1.70. The van der Waals surface area contributed by atoms with Gasteiger partial charge >= 0.3 is 0 Å². The van der Waals surface area contributed by atoms with Crippen molar-refractivity contribution in [2.24, 2.45) is 11.8 Å². The van der Waals surface area contributed by atoms with E-state index in [2.05, 4.69) is 29.6 Å². The number of carbonyl (C=O) groups excluding carboxylic acids is 3. The van der Waals surface area contributed by atoms with Crippen molar-refractivity contribution in [1.82, 2.24) is 10.2 Å². The van der Waals surface area contributed by atoms with Crippen LogP contribution >= 0.6 is 11.8 Å². The smallest absolute Gasteiger partial charge is 0.253 e. The van der Waals surface area contributed by atoms with Gasteiger partial charge in [-0.15, -0.1) is 0 Å². The molecule has 0 radical (unpaired) electrons. The summed E-state index contributed by atoms with van der Waals surface area (Å²) in [7, 11) is 0. The molecule has 1 N–H and O–H groups in total. The highest BCUT2D eigenvalue weighted by Crippen LogP contribution is 2.55. The molecule has 3 amide bonds. The van der Waals surface area contributed by atoms with E-state index in [0.29, 0.717) is 13.0 Å². The first kappa shape index (κ1) is 26.0. The second kappa shape index (κ2) is 10.2. The lowest BCUT2D eigenvalue weighted by molar-refractivity contribution is -0.143. The average Bonchev–Trinajstić information content (AvgIpc) is 3.56. The monoisotopic (exact) mass is 561 g/mol. The van der Waals surface area contributed by atoms with Crippen LogP contribution in [0.1, 0.15) is 23.1 Å². The summed E-state index contributed by atoms with van der Waals surface area (Å²) in [5.74, 6) is -1.16. The Balaban J connectivity index is 1.32. The van der Waals surface area contributed by atoms with Crippen LogP contribution in [0.4, 0.5) is 5.69 Å². The minimum absolute atomic E-state index is 0.156. The largest absolute Gasteiger partial charge is 0.306 e. The maximum Gasteiger partial charge on any atom is 0.253 e. The molecule has 4 aromatic rings. The number of nitrogens with one attached hydrogen (secondary N) is 1. The average molecular weight is 562 g/mol. The second-order valence-electron chi connectivity index (χ2n) is 11.1. The molecule has 3 aliphatic heterocycles. The maximum absolute atomic E-state index is 14.8. The van der Waals surface area contributed by atoms with Crippen molar-refractivity contribution in [2.75, 3.05) is 16.9 Å². The Morgan fingerprint density at radius 3 is 2.34 bits per heavy atom. The summed E-state index contributed by atoms with van der Waals surface area (Å²) in [6, 6.07) is 31.4. The van der Waals surface area contributed by atoms with Crippen molar-refractivity contribution < 1.29 is 14.4 Å². The molecule has 0 unspecified atom stereocenters. The Bertz CT molecular complexity index is 1670. The van der Waals surface area contributed by atoms with Crippen molar-refractivity contribution in [3.8, 4) is 0 Å². The van der Waals surface area contributed by atoms with Crippen molar-refractivity contribution >= 4 is 45.9 Å². The van der Waals surface area contributed by atoms with Gasteiger partial charge < -0.3 is 4.90 Å². The van der Waals surface area contributed by atoms with Gasteiger partial charge in [0, 0.05) is 17.3 Å². The summed E-state index contributed by atoms with van der Waals surface area (Å²) in [4.78, 5) is 46.2. The SMILES string of the molecule is CSCC[C@@H]1N[C@]2(C(=O)N(Cc3cccc4ccccc34)c3ccccc32)[C@@H]2C(=O)N(Cc3ccccc3)C(=O)[C@H]12. The molecule has 0 bridgehead atoms. The van der Waals surface area contributed by atoms with Crippen LogP contribution in [0.5, 0.6) is 0 Å². The van der Waals surface area contributed by atoms with E-state index in [1.54, 1.807) is 11.8 Å². The van der Waals surface area contributed by atoms with Crippen LogP contribution in [-0.2, 0) is 33.0 Å². The van der Waals surface area contributed by atoms with Crippen molar-refractivity contribution in [1.29, 1.82) is 0 Å². The van der Waals surface area contributed by atoms with Gasteiger partial charge in [-0.2, -0.15) is 11.8 Å². The third-order valence-electron chi connectivity index (χ3n) is 8.98. The van der Waals surface area contributed by atoms with E-state index in [9.17, 15) is 14.4 Å². The summed E-state index contributed by atoms with van der Waals surface area (Å²) in [5.41, 5.74) is 2.23. The molecular weight excluding hydrogens is 530 g/mol. The third kappa shape index (κ3) is 3.94. The van der Waals surface area contributed by atoms with Gasteiger partial charge in [-0.25, -0.2) is 0 Å². The fourth-order valence-corrected chi connectivity index (χ4v) is 7.67. The number of hydrogen-bond acceptors (Lipinski definition) is 5. The predicted octanol–water partition coefficient (Wildman–Crippen LogP) is 5.11. The minimum Gasteiger partial charge on any atom is -0.306 e. The Hall–Kier alpha value is -3.94. The molecule has 3 aliphatic rings. The first-order valence-corrected chi connectivity index (χ1v) is 15.5. The van der Waals surface area contributed by atoms with E-state index in [4.69, 9.17) is 0 Å². The van der Waals surface area contributed by atoms with Gasteiger partial charge in [0.15, 0.2) is 0 Å². The predicted molar refractivity (Wildman–Crippen MR) is 162 cm³/mol. The Kier molecular flexibility index (Phi) is 6.44. The Morgan fingerprint density at radius 1 is 0.780 bits per heavy atom. The van der Waals surface area contributed by atoms with Crippen molar-refractivity contribution in [2.45, 2.75) is 31.1 Å². The molecule has 41 heavy (non-hydrogen) atoms. The number of para-hydroxylation sites is 1. The van der Waals surface area contributed by atoms with Crippen LogP contribution in [0.3, 0.4) is 0 Å². The van der Waals surface area contributed by atoms with Crippen LogP contribution < -0.4 is 10.2 Å². The second-order valence-corrected chi connectivity index (χ2v) is 12.1. The number of hydrogen-bond donors (Lipinski definition) is 1. The van der Waals surface area contributed by atoms with Gasteiger partial charge in [-0.05, 0) is 46.4 Å². The van der Waals surface area contributed by atoms with Crippen molar-refractivity contribution in [3.63, 3.8) is 0 Å². The molecule has 0 aliphatic carbocycles. The summed E-state index contributed by atoms with van der Waals surface area (Å²) in [5, 5.41) is 5.84. The molecule has 206 valence electrons. The van der Waals surface area contributed by atoms with E-state index in [1.165, 1.54) is 4.90 Å².